The lowest BCUT2D eigenvalue weighted by atomic mass is 9.88. The van der Waals surface area contributed by atoms with Crippen molar-refractivity contribution in [2.45, 2.75) is 70.7 Å². The maximum absolute atomic E-state index is 12.2. The summed E-state index contributed by atoms with van der Waals surface area (Å²) in [5.74, 6) is 0.366. The van der Waals surface area contributed by atoms with Crippen molar-refractivity contribution < 1.29 is 17.9 Å². The summed E-state index contributed by atoms with van der Waals surface area (Å²) < 4.78 is 42.4. The van der Waals surface area contributed by atoms with E-state index in [9.17, 15) is 13.2 Å². The summed E-state index contributed by atoms with van der Waals surface area (Å²) in [5, 5.41) is 3.41. The van der Waals surface area contributed by atoms with Gasteiger partial charge in [0.2, 0.25) is 0 Å². The number of halogens is 3. The van der Waals surface area contributed by atoms with Crippen molar-refractivity contribution in [3.8, 4) is 0 Å². The van der Waals surface area contributed by atoms with Crippen molar-refractivity contribution in [2.24, 2.45) is 5.92 Å². The van der Waals surface area contributed by atoms with E-state index in [1.165, 1.54) is 0 Å². The van der Waals surface area contributed by atoms with Crippen LogP contribution in [-0.4, -0.2) is 31.5 Å². The van der Waals surface area contributed by atoms with Crippen molar-refractivity contribution in [3.63, 3.8) is 0 Å². The molecule has 1 aliphatic rings. The molecule has 19 heavy (non-hydrogen) atoms. The molecular formula is C14H26F3NO. The molecule has 0 aromatic rings. The first kappa shape index (κ1) is 16.8. The van der Waals surface area contributed by atoms with Crippen LogP contribution in [0.2, 0.25) is 0 Å². The van der Waals surface area contributed by atoms with Gasteiger partial charge in [-0.25, -0.2) is 0 Å². The first-order valence-electron chi connectivity index (χ1n) is 7.39. The molecule has 0 spiro atoms. The molecular weight excluding hydrogens is 255 g/mol. The third-order valence-electron chi connectivity index (χ3n) is 3.81. The lowest BCUT2D eigenvalue weighted by molar-refractivity contribution is -0.136. The van der Waals surface area contributed by atoms with Crippen LogP contribution in [0.3, 0.4) is 0 Å². The molecule has 0 amide bonds. The zero-order valence-electron chi connectivity index (χ0n) is 11.9. The van der Waals surface area contributed by atoms with Crippen LogP contribution in [0.4, 0.5) is 13.2 Å². The Hall–Kier alpha value is -0.290. The zero-order chi connectivity index (χ0) is 14.3. The molecule has 3 atom stereocenters. The summed E-state index contributed by atoms with van der Waals surface area (Å²) in [6, 6.07) is 0.162. The molecule has 114 valence electrons. The molecule has 1 aliphatic heterocycles. The summed E-state index contributed by atoms with van der Waals surface area (Å²) >= 11 is 0. The van der Waals surface area contributed by atoms with Gasteiger partial charge in [-0.05, 0) is 38.6 Å². The quantitative estimate of drug-likeness (QED) is 0.728. The highest BCUT2D eigenvalue weighted by molar-refractivity contribution is 4.86. The smallest absolute Gasteiger partial charge is 0.378 e. The van der Waals surface area contributed by atoms with Crippen LogP contribution in [0.1, 0.15) is 52.4 Å². The van der Waals surface area contributed by atoms with E-state index in [2.05, 4.69) is 19.2 Å². The fourth-order valence-corrected chi connectivity index (χ4v) is 2.87. The van der Waals surface area contributed by atoms with E-state index >= 15 is 0 Å². The molecule has 1 fully saturated rings. The Bertz CT molecular complexity index is 245. The standard InChI is InChI=1S/C14H26F3NO/c1-3-9-18-12(6-5-8-14(15,16)17)11-7-10-19-13(11)4-2/h11-13,18H,3-10H2,1-2H3. The Kier molecular flexibility index (Phi) is 7.15. The van der Waals surface area contributed by atoms with Gasteiger partial charge >= 0.3 is 6.18 Å². The van der Waals surface area contributed by atoms with E-state index in [4.69, 9.17) is 4.74 Å². The van der Waals surface area contributed by atoms with Gasteiger partial charge in [0, 0.05) is 25.0 Å². The van der Waals surface area contributed by atoms with Gasteiger partial charge in [0.25, 0.3) is 0 Å². The van der Waals surface area contributed by atoms with Gasteiger partial charge in [-0.1, -0.05) is 13.8 Å². The summed E-state index contributed by atoms with van der Waals surface area (Å²) in [6.07, 6.45) is -0.810. The average molecular weight is 281 g/mol. The average Bonchev–Trinajstić information content (AvgIpc) is 2.80. The van der Waals surface area contributed by atoms with Crippen LogP contribution in [0.25, 0.3) is 0 Å². The lowest BCUT2D eigenvalue weighted by Gasteiger charge is -2.28. The number of nitrogens with one attached hydrogen (secondary N) is 1. The van der Waals surface area contributed by atoms with E-state index in [0.717, 1.165) is 32.4 Å². The maximum atomic E-state index is 12.2. The highest BCUT2D eigenvalue weighted by atomic mass is 19.4. The number of hydrogen-bond acceptors (Lipinski definition) is 2. The van der Waals surface area contributed by atoms with Gasteiger partial charge in [-0.2, -0.15) is 13.2 Å². The van der Waals surface area contributed by atoms with Crippen LogP contribution in [0, 0.1) is 5.92 Å². The Morgan fingerprint density at radius 1 is 1.32 bits per heavy atom. The van der Waals surface area contributed by atoms with E-state index in [-0.39, 0.29) is 18.6 Å². The Labute approximate surface area is 114 Å². The Balaban J connectivity index is 2.46. The maximum Gasteiger partial charge on any atom is 0.389 e. The second-order valence-electron chi connectivity index (χ2n) is 5.34. The monoisotopic (exact) mass is 281 g/mol. The molecule has 3 unspecified atom stereocenters. The number of ether oxygens (including phenoxy) is 1. The van der Waals surface area contributed by atoms with Crippen molar-refractivity contribution in [2.75, 3.05) is 13.2 Å². The van der Waals surface area contributed by atoms with Gasteiger partial charge in [0.05, 0.1) is 6.10 Å². The highest BCUT2D eigenvalue weighted by Crippen LogP contribution is 2.30. The SMILES string of the molecule is CCCNC(CCCC(F)(F)F)C1CCOC1CC. The summed E-state index contributed by atoms with van der Waals surface area (Å²) in [4.78, 5) is 0. The van der Waals surface area contributed by atoms with E-state index in [0.29, 0.717) is 12.3 Å². The predicted octanol–water partition coefficient (Wildman–Crippen LogP) is 3.90. The second-order valence-corrected chi connectivity index (χ2v) is 5.34. The largest absolute Gasteiger partial charge is 0.389 e. The van der Waals surface area contributed by atoms with Crippen LogP contribution in [0.5, 0.6) is 0 Å². The molecule has 0 aromatic heterocycles. The zero-order valence-corrected chi connectivity index (χ0v) is 11.9. The molecule has 0 aliphatic carbocycles. The van der Waals surface area contributed by atoms with E-state index in [1.54, 1.807) is 0 Å². The van der Waals surface area contributed by atoms with Crippen LogP contribution >= 0.6 is 0 Å². The molecule has 0 radical (unpaired) electrons. The topological polar surface area (TPSA) is 21.3 Å². The number of alkyl halides is 3. The first-order valence-corrected chi connectivity index (χ1v) is 7.39. The van der Waals surface area contributed by atoms with Crippen LogP contribution in [-0.2, 0) is 4.74 Å². The number of rotatable bonds is 8. The van der Waals surface area contributed by atoms with Gasteiger partial charge in [-0.3, -0.25) is 0 Å². The van der Waals surface area contributed by atoms with Crippen molar-refractivity contribution in [1.29, 1.82) is 0 Å². The fourth-order valence-electron chi connectivity index (χ4n) is 2.87. The van der Waals surface area contributed by atoms with Crippen molar-refractivity contribution in [1.82, 2.24) is 5.32 Å². The predicted molar refractivity (Wildman–Crippen MR) is 70.1 cm³/mol. The minimum Gasteiger partial charge on any atom is -0.378 e. The second kappa shape index (κ2) is 8.10. The molecule has 2 nitrogen and oxygen atoms in total. The van der Waals surface area contributed by atoms with Crippen LogP contribution < -0.4 is 5.32 Å². The Morgan fingerprint density at radius 3 is 2.63 bits per heavy atom. The molecule has 1 saturated heterocycles. The molecule has 5 heteroatoms. The fraction of sp³-hybridized carbons (Fsp3) is 1.00. The van der Waals surface area contributed by atoms with Gasteiger partial charge < -0.3 is 10.1 Å². The first-order chi connectivity index (χ1) is 8.98. The molecule has 1 N–H and O–H groups in total. The molecule has 1 rings (SSSR count). The third-order valence-corrected chi connectivity index (χ3v) is 3.81. The molecule has 0 saturated carbocycles. The van der Waals surface area contributed by atoms with Crippen molar-refractivity contribution >= 4 is 0 Å². The van der Waals surface area contributed by atoms with Gasteiger partial charge in [-0.15, -0.1) is 0 Å². The minimum atomic E-state index is -4.04. The summed E-state index contributed by atoms with van der Waals surface area (Å²) in [6.45, 7) is 5.76. The van der Waals surface area contributed by atoms with Gasteiger partial charge in [0.1, 0.15) is 0 Å². The number of hydrogen-bond donors (Lipinski definition) is 1. The highest BCUT2D eigenvalue weighted by Gasteiger charge is 2.34. The summed E-state index contributed by atoms with van der Waals surface area (Å²) in [7, 11) is 0. The Morgan fingerprint density at radius 2 is 2.05 bits per heavy atom. The van der Waals surface area contributed by atoms with E-state index < -0.39 is 12.6 Å². The molecule has 0 aromatic carbocycles. The van der Waals surface area contributed by atoms with Crippen LogP contribution in [0.15, 0.2) is 0 Å². The normalized spacial score (nSPS) is 25.7. The van der Waals surface area contributed by atoms with Crippen molar-refractivity contribution in [3.05, 3.63) is 0 Å². The third kappa shape index (κ3) is 6.13. The minimum absolute atomic E-state index is 0.162. The van der Waals surface area contributed by atoms with E-state index in [1.807, 2.05) is 0 Å². The van der Waals surface area contributed by atoms with Gasteiger partial charge in [0.15, 0.2) is 0 Å². The summed E-state index contributed by atoms with van der Waals surface area (Å²) in [5.41, 5.74) is 0. The molecule has 1 heterocycles. The lowest BCUT2D eigenvalue weighted by Crippen LogP contribution is -2.40. The molecule has 0 bridgehead atoms.